The number of aryl methyl sites for hydroxylation is 1. The van der Waals surface area contributed by atoms with Crippen LogP contribution in [0, 0.1) is 6.92 Å². The van der Waals surface area contributed by atoms with Gasteiger partial charge in [0, 0.05) is 34.5 Å². The van der Waals surface area contributed by atoms with Crippen molar-refractivity contribution in [3.8, 4) is 22.6 Å². The van der Waals surface area contributed by atoms with Gasteiger partial charge < -0.3 is 9.63 Å². The molecule has 1 unspecified atom stereocenters. The molecule has 4 nitrogen and oxygen atoms in total. The quantitative estimate of drug-likeness (QED) is 0.572. The molecule has 4 aromatic rings. The Kier molecular flexibility index (Phi) is 4.17. The van der Waals surface area contributed by atoms with Crippen molar-refractivity contribution in [2.45, 2.75) is 13.0 Å². The minimum atomic E-state index is -0.869. The topological polar surface area (TPSA) is 59.2 Å². The van der Waals surface area contributed by atoms with Gasteiger partial charge in [0.05, 0.1) is 5.56 Å². The molecule has 4 rings (SSSR count). The Hall–Kier alpha value is -2.76. The molecule has 0 spiro atoms. The number of pyridine rings is 1. The van der Waals surface area contributed by atoms with E-state index in [1.807, 2.05) is 60.1 Å². The molecule has 0 saturated carbocycles. The van der Waals surface area contributed by atoms with Gasteiger partial charge in [0.2, 0.25) is 0 Å². The fourth-order valence-corrected chi connectivity index (χ4v) is 3.42. The molecule has 0 aliphatic heterocycles. The highest BCUT2D eigenvalue weighted by Crippen LogP contribution is 2.39. The summed E-state index contributed by atoms with van der Waals surface area (Å²) < 4.78 is 5.66. The molecule has 0 aliphatic rings. The van der Waals surface area contributed by atoms with Crippen molar-refractivity contribution in [2.24, 2.45) is 0 Å². The lowest BCUT2D eigenvalue weighted by molar-refractivity contribution is 0.220. The average Bonchev–Trinajstić information content (AvgIpc) is 3.32. The van der Waals surface area contributed by atoms with Crippen molar-refractivity contribution in [1.29, 1.82) is 0 Å². The molecule has 1 aromatic carbocycles. The van der Waals surface area contributed by atoms with Crippen LogP contribution < -0.4 is 0 Å². The number of aliphatic hydroxyl groups excluding tert-OH is 1. The number of hydrogen-bond donors (Lipinski definition) is 1. The first kappa shape index (κ1) is 15.7. The van der Waals surface area contributed by atoms with Gasteiger partial charge in [0.1, 0.15) is 11.8 Å². The Morgan fingerprint density at radius 1 is 1.08 bits per heavy atom. The summed E-state index contributed by atoms with van der Waals surface area (Å²) in [6.07, 6.45) is 2.48. The van der Waals surface area contributed by atoms with Gasteiger partial charge in [-0.25, -0.2) is 0 Å². The number of rotatable bonds is 4. The molecular formula is C20H16N2O2S. The third-order valence-electron chi connectivity index (χ3n) is 4.11. The molecule has 0 amide bonds. The van der Waals surface area contributed by atoms with Crippen molar-refractivity contribution in [1.82, 2.24) is 10.1 Å². The fourth-order valence-electron chi connectivity index (χ4n) is 2.78. The molecule has 5 heteroatoms. The number of aliphatic hydroxyl groups is 1. The summed E-state index contributed by atoms with van der Waals surface area (Å²) in [7, 11) is 0. The summed E-state index contributed by atoms with van der Waals surface area (Å²) >= 11 is 1.58. The maximum Gasteiger partial charge on any atom is 0.173 e. The first-order chi connectivity index (χ1) is 12.2. The van der Waals surface area contributed by atoms with E-state index >= 15 is 0 Å². The van der Waals surface area contributed by atoms with Crippen LogP contribution in [0.1, 0.15) is 22.8 Å². The van der Waals surface area contributed by atoms with Gasteiger partial charge in [-0.1, -0.05) is 41.1 Å². The lowest BCUT2D eigenvalue weighted by atomic mass is 9.95. The number of nitrogens with zero attached hydrogens (tertiary/aromatic N) is 2. The van der Waals surface area contributed by atoms with Crippen LogP contribution in [0.4, 0.5) is 0 Å². The van der Waals surface area contributed by atoms with E-state index in [0.717, 1.165) is 16.7 Å². The first-order valence-corrected chi connectivity index (χ1v) is 8.85. The zero-order valence-corrected chi connectivity index (χ0v) is 14.4. The van der Waals surface area contributed by atoms with Crippen molar-refractivity contribution >= 4 is 11.3 Å². The Labute approximate surface area is 149 Å². The molecule has 3 heterocycles. The largest absolute Gasteiger partial charge is 0.383 e. The molecular weight excluding hydrogens is 332 g/mol. The molecule has 0 bridgehead atoms. The van der Waals surface area contributed by atoms with Crippen LogP contribution in [0.5, 0.6) is 0 Å². The zero-order valence-electron chi connectivity index (χ0n) is 13.6. The minimum Gasteiger partial charge on any atom is -0.383 e. The van der Waals surface area contributed by atoms with E-state index in [4.69, 9.17) is 4.52 Å². The van der Waals surface area contributed by atoms with Gasteiger partial charge >= 0.3 is 0 Å². The van der Waals surface area contributed by atoms with E-state index in [0.29, 0.717) is 22.6 Å². The van der Waals surface area contributed by atoms with E-state index in [2.05, 4.69) is 10.1 Å². The summed E-state index contributed by atoms with van der Waals surface area (Å²) in [6, 6.07) is 13.6. The average molecular weight is 348 g/mol. The highest BCUT2D eigenvalue weighted by atomic mass is 32.1. The predicted octanol–water partition coefficient (Wildman–Crippen LogP) is 4.86. The summed E-state index contributed by atoms with van der Waals surface area (Å²) in [5, 5.41) is 19.3. The minimum absolute atomic E-state index is 0.581. The van der Waals surface area contributed by atoms with Crippen molar-refractivity contribution in [3.05, 3.63) is 82.3 Å². The lowest BCUT2D eigenvalue weighted by Gasteiger charge is -2.12. The highest BCUT2D eigenvalue weighted by molar-refractivity contribution is 7.08. The van der Waals surface area contributed by atoms with E-state index in [9.17, 15) is 5.11 Å². The molecule has 124 valence electrons. The monoisotopic (exact) mass is 348 g/mol. The van der Waals surface area contributed by atoms with Gasteiger partial charge in [0.15, 0.2) is 5.76 Å². The molecule has 1 atom stereocenters. The van der Waals surface area contributed by atoms with Gasteiger partial charge in [-0.2, -0.15) is 11.3 Å². The number of thiophene rings is 1. The van der Waals surface area contributed by atoms with Crippen molar-refractivity contribution < 1.29 is 9.63 Å². The van der Waals surface area contributed by atoms with Gasteiger partial charge in [-0.15, -0.1) is 0 Å². The van der Waals surface area contributed by atoms with Gasteiger partial charge in [0.25, 0.3) is 0 Å². The lowest BCUT2D eigenvalue weighted by Crippen LogP contribution is -2.02. The smallest absolute Gasteiger partial charge is 0.173 e. The van der Waals surface area contributed by atoms with Crippen LogP contribution in [-0.2, 0) is 0 Å². The zero-order chi connectivity index (χ0) is 17.2. The van der Waals surface area contributed by atoms with E-state index in [1.54, 1.807) is 23.7 Å². The Morgan fingerprint density at radius 3 is 2.60 bits per heavy atom. The van der Waals surface area contributed by atoms with Crippen LogP contribution >= 0.6 is 11.3 Å². The van der Waals surface area contributed by atoms with Crippen LogP contribution in [0.2, 0.25) is 0 Å². The molecule has 0 aliphatic carbocycles. The highest BCUT2D eigenvalue weighted by Gasteiger charge is 2.26. The van der Waals surface area contributed by atoms with E-state index in [-0.39, 0.29) is 0 Å². The first-order valence-electron chi connectivity index (χ1n) is 7.91. The van der Waals surface area contributed by atoms with E-state index < -0.39 is 6.10 Å². The van der Waals surface area contributed by atoms with Crippen LogP contribution in [0.25, 0.3) is 22.6 Å². The fraction of sp³-hybridized carbons (Fsp3) is 0.100. The van der Waals surface area contributed by atoms with Crippen LogP contribution in [0.15, 0.2) is 70.1 Å². The summed E-state index contributed by atoms with van der Waals surface area (Å²) in [4.78, 5) is 4.11. The predicted molar refractivity (Wildman–Crippen MR) is 98.3 cm³/mol. The summed E-state index contributed by atoms with van der Waals surface area (Å²) in [6.45, 7) is 2.03. The second-order valence-corrected chi connectivity index (χ2v) is 6.62. The maximum absolute atomic E-state index is 11.0. The van der Waals surface area contributed by atoms with Gasteiger partial charge in [-0.3, -0.25) is 4.98 Å². The standard InChI is InChI=1S/C20H16N2O2S/c1-13-4-6-14(7-5-13)20-17(19(23)15-3-2-9-21-11-15)18(22-24-20)16-8-10-25-12-16/h2-12,19,23H,1H3. The Balaban J connectivity index is 1.89. The number of hydrogen-bond acceptors (Lipinski definition) is 5. The van der Waals surface area contributed by atoms with E-state index in [1.165, 1.54) is 0 Å². The van der Waals surface area contributed by atoms with Crippen molar-refractivity contribution in [3.63, 3.8) is 0 Å². The number of aromatic nitrogens is 2. The van der Waals surface area contributed by atoms with Gasteiger partial charge in [-0.05, 0) is 24.4 Å². The third kappa shape index (κ3) is 2.99. The number of benzene rings is 1. The normalized spacial score (nSPS) is 12.2. The Bertz CT molecular complexity index is 961. The SMILES string of the molecule is Cc1ccc(-c2onc(-c3ccsc3)c2C(O)c2cccnc2)cc1. The molecule has 0 fully saturated rings. The molecule has 1 N–H and O–H groups in total. The maximum atomic E-state index is 11.0. The molecule has 25 heavy (non-hydrogen) atoms. The van der Waals surface area contributed by atoms with Crippen LogP contribution in [0.3, 0.4) is 0 Å². The molecule has 0 radical (unpaired) electrons. The Morgan fingerprint density at radius 2 is 1.92 bits per heavy atom. The molecule has 3 aromatic heterocycles. The summed E-state index contributed by atoms with van der Waals surface area (Å²) in [5.74, 6) is 0.581. The third-order valence-corrected chi connectivity index (χ3v) is 4.79. The van der Waals surface area contributed by atoms with Crippen molar-refractivity contribution in [2.75, 3.05) is 0 Å². The molecule has 0 saturated heterocycles. The second kappa shape index (κ2) is 6.63. The second-order valence-electron chi connectivity index (χ2n) is 5.84. The summed E-state index contributed by atoms with van der Waals surface area (Å²) in [5.41, 5.74) is 5.01. The van der Waals surface area contributed by atoms with Crippen LogP contribution in [-0.4, -0.2) is 15.2 Å².